The second kappa shape index (κ2) is 6.84. The monoisotopic (exact) mass is 240 g/mol. The molecule has 0 bridgehead atoms. The van der Waals surface area contributed by atoms with Crippen molar-refractivity contribution in [2.45, 2.75) is 53.0 Å². The SMILES string of the molecule is CC(C)N=C(NN)N1CCCC(C(C)C)CC1. The number of nitrogens with two attached hydrogens (primary N) is 1. The number of nitrogens with zero attached hydrogens (tertiary/aromatic N) is 2. The average molecular weight is 240 g/mol. The van der Waals surface area contributed by atoms with Gasteiger partial charge in [0.2, 0.25) is 5.96 Å². The van der Waals surface area contributed by atoms with Gasteiger partial charge in [-0.15, -0.1) is 0 Å². The Kier molecular flexibility index (Phi) is 5.75. The molecular weight excluding hydrogens is 212 g/mol. The summed E-state index contributed by atoms with van der Waals surface area (Å²) in [5.74, 6) is 8.06. The highest BCUT2D eigenvalue weighted by Gasteiger charge is 2.21. The molecule has 1 rings (SSSR count). The van der Waals surface area contributed by atoms with Gasteiger partial charge in [0.05, 0.1) is 0 Å². The molecule has 1 fully saturated rings. The van der Waals surface area contributed by atoms with Crippen LogP contribution in [0, 0.1) is 11.8 Å². The smallest absolute Gasteiger partial charge is 0.208 e. The molecular formula is C13H28N4. The lowest BCUT2D eigenvalue weighted by Crippen LogP contribution is -2.45. The Bertz CT molecular complexity index is 248. The van der Waals surface area contributed by atoms with Crippen molar-refractivity contribution in [3.63, 3.8) is 0 Å². The molecule has 3 N–H and O–H groups in total. The maximum absolute atomic E-state index is 5.57. The van der Waals surface area contributed by atoms with E-state index in [9.17, 15) is 0 Å². The standard InChI is InChI=1S/C13H28N4/c1-10(2)12-6-5-8-17(9-7-12)13(16-14)15-11(3)4/h10-12H,5-9,14H2,1-4H3,(H,15,16). The van der Waals surface area contributed by atoms with Crippen LogP contribution in [0.15, 0.2) is 4.99 Å². The predicted molar refractivity (Wildman–Crippen MR) is 73.6 cm³/mol. The average Bonchev–Trinajstić information content (AvgIpc) is 2.51. The third-order valence-electron chi connectivity index (χ3n) is 3.52. The molecule has 1 aliphatic heterocycles. The first kappa shape index (κ1) is 14.3. The predicted octanol–water partition coefficient (Wildman–Crippen LogP) is 1.97. The van der Waals surface area contributed by atoms with Crippen LogP contribution >= 0.6 is 0 Å². The van der Waals surface area contributed by atoms with Gasteiger partial charge in [-0.05, 0) is 44.9 Å². The second-order valence-corrected chi connectivity index (χ2v) is 5.61. The van der Waals surface area contributed by atoms with Crippen molar-refractivity contribution in [1.29, 1.82) is 0 Å². The van der Waals surface area contributed by atoms with E-state index in [0.29, 0.717) is 0 Å². The van der Waals surface area contributed by atoms with E-state index in [-0.39, 0.29) is 6.04 Å². The topological polar surface area (TPSA) is 53.6 Å². The number of likely N-dealkylation sites (tertiary alicyclic amines) is 1. The molecule has 1 atom stereocenters. The van der Waals surface area contributed by atoms with Crippen molar-refractivity contribution < 1.29 is 0 Å². The van der Waals surface area contributed by atoms with Gasteiger partial charge >= 0.3 is 0 Å². The van der Waals surface area contributed by atoms with Gasteiger partial charge in [0.25, 0.3) is 0 Å². The summed E-state index contributed by atoms with van der Waals surface area (Å²) in [6.45, 7) is 10.9. The van der Waals surface area contributed by atoms with E-state index in [2.05, 4.69) is 43.0 Å². The van der Waals surface area contributed by atoms with Crippen LogP contribution in [0.1, 0.15) is 47.0 Å². The van der Waals surface area contributed by atoms with E-state index < -0.39 is 0 Å². The van der Waals surface area contributed by atoms with E-state index in [1.54, 1.807) is 0 Å². The number of hydrogen-bond acceptors (Lipinski definition) is 2. The van der Waals surface area contributed by atoms with Crippen molar-refractivity contribution in [3.8, 4) is 0 Å². The van der Waals surface area contributed by atoms with E-state index >= 15 is 0 Å². The second-order valence-electron chi connectivity index (χ2n) is 5.61. The van der Waals surface area contributed by atoms with Gasteiger partial charge in [-0.2, -0.15) is 0 Å². The quantitative estimate of drug-likeness (QED) is 0.336. The zero-order chi connectivity index (χ0) is 12.8. The summed E-state index contributed by atoms with van der Waals surface area (Å²) in [5, 5.41) is 0. The highest BCUT2D eigenvalue weighted by Crippen LogP contribution is 2.24. The zero-order valence-electron chi connectivity index (χ0n) is 11.7. The fourth-order valence-corrected chi connectivity index (χ4v) is 2.46. The third kappa shape index (κ3) is 4.54. The molecule has 0 spiro atoms. The third-order valence-corrected chi connectivity index (χ3v) is 3.52. The first-order valence-electron chi connectivity index (χ1n) is 6.84. The Labute approximate surface area is 106 Å². The van der Waals surface area contributed by atoms with E-state index in [0.717, 1.165) is 30.9 Å². The van der Waals surface area contributed by atoms with Gasteiger partial charge in [0.1, 0.15) is 0 Å². The Hall–Kier alpha value is -0.770. The number of hydrazine groups is 1. The Balaban J connectivity index is 2.61. The molecule has 1 unspecified atom stereocenters. The molecule has 0 aromatic carbocycles. The van der Waals surface area contributed by atoms with Gasteiger partial charge < -0.3 is 4.90 Å². The van der Waals surface area contributed by atoms with Crippen molar-refractivity contribution in [2.75, 3.05) is 13.1 Å². The lowest BCUT2D eigenvalue weighted by molar-refractivity contribution is 0.337. The molecule has 0 aromatic heterocycles. The van der Waals surface area contributed by atoms with Crippen LogP contribution in [-0.2, 0) is 0 Å². The summed E-state index contributed by atoms with van der Waals surface area (Å²) < 4.78 is 0. The van der Waals surface area contributed by atoms with E-state index in [1.807, 2.05) is 0 Å². The van der Waals surface area contributed by atoms with Crippen LogP contribution in [0.4, 0.5) is 0 Å². The number of guanidine groups is 1. The highest BCUT2D eigenvalue weighted by molar-refractivity contribution is 5.79. The molecule has 4 heteroatoms. The van der Waals surface area contributed by atoms with Crippen LogP contribution < -0.4 is 11.3 Å². The lowest BCUT2D eigenvalue weighted by atomic mass is 9.89. The summed E-state index contributed by atoms with van der Waals surface area (Å²) in [5.41, 5.74) is 2.75. The fourth-order valence-electron chi connectivity index (χ4n) is 2.46. The Morgan fingerprint density at radius 3 is 2.47 bits per heavy atom. The van der Waals surface area contributed by atoms with Crippen LogP contribution in [0.5, 0.6) is 0 Å². The zero-order valence-corrected chi connectivity index (χ0v) is 11.7. The van der Waals surface area contributed by atoms with Gasteiger partial charge in [0.15, 0.2) is 0 Å². The van der Waals surface area contributed by atoms with Crippen molar-refractivity contribution in [3.05, 3.63) is 0 Å². The minimum Gasteiger partial charge on any atom is -0.342 e. The summed E-state index contributed by atoms with van der Waals surface area (Å²) in [4.78, 5) is 6.83. The lowest BCUT2D eigenvalue weighted by Gasteiger charge is -2.25. The first-order valence-corrected chi connectivity index (χ1v) is 6.84. The Morgan fingerprint density at radius 2 is 1.94 bits per heavy atom. The van der Waals surface area contributed by atoms with Crippen molar-refractivity contribution >= 4 is 5.96 Å². The molecule has 0 aliphatic carbocycles. The largest absolute Gasteiger partial charge is 0.342 e. The number of aliphatic imine (C=N–C) groups is 1. The maximum atomic E-state index is 5.57. The van der Waals surface area contributed by atoms with Gasteiger partial charge in [0, 0.05) is 19.1 Å². The highest BCUT2D eigenvalue weighted by atomic mass is 15.4. The summed E-state index contributed by atoms with van der Waals surface area (Å²) in [7, 11) is 0. The molecule has 0 radical (unpaired) electrons. The minimum atomic E-state index is 0.283. The van der Waals surface area contributed by atoms with E-state index in [1.165, 1.54) is 19.3 Å². The molecule has 4 nitrogen and oxygen atoms in total. The number of rotatable bonds is 2. The van der Waals surface area contributed by atoms with E-state index in [4.69, 9.17) is 5.84 Å². The van der Waals surface area contributed by atoms with Crippen LogP contribution in [0.25, 0.3) is 0 Å². The number of nitrogens with one attached hydrogen (secondary N) is 1. The Morgan fingerprint density at radius 1 is 1.24 bits per heavy atom. The molecule has 100 valence electrons. The molecule has 1 saturated heterocycles. The molecule has 1 heterocycles. The maximum Gasteiger partial charge on any atom is 0.208 e. The normalized spacial score (nSPS) is 23.1. The van der Waals surface area contributed by atoms with Crippen LogP contribution in [-0.4, -0.2) is 30.0 Å². The summed E-state index contributed by atoms with van der Waals surface area (Å²) >= 11 is 0. The first-order chi connectivity index (χ1) is 8.04. The minimum absolute atomic E-state index is 0.283. The molecule has 17 heavy (non-hydrogen) atoms. The van der Waals surface area contributed by atoms with Gasteiger partial charge in [-0.3, -0.25) is 5.43 Å². The van der Waals surface area contributed by atoms with Crippen LogP contribution in [0.2, 0.25) is 0 Å². The molecule has 0 amide bonds. The van der Waals surface area contributed by atoms with Gasteiger partial charge in [-0.1, -0.05) is 13.8 Å². The summed E-state index contributed by atoms with van der Waals surface area (Å²) in [6, 6.07) is 0.283. The van der Waals surface area contributed by atoms with Gasteiger partial charge in [-0.25, -0.2) is 10.8 Å². The van der Waals surface area contributed by atoms with Crippen molar-refractivity contribution in [1.82, 2.24) is 10.3 Å². The summed E-state index contributed by atoms with van der Waals surface area (Å²) in [6.07, 6.45) is 3.81. The van der Waals surface area contributed by atoms with Crippen LogP contribution in [0.3, 0.4) is 0 Å². The molecule has 0 saturated carbocycles. The van der Waals surface area contributed by atoms with Crippen molar-refractivity contribution in [2.24, 2.45) is 22.7 Å². The molecule has 0 aromatic rings. The fraction of sp³-hybridized carbons (Fsp3) is 0.923. The number of hydrogen-bond donors (Lipinski definition) is 2. The molecule has 1 aliphatic rings.